The number of carboxylic acids is 1. The van der Waals surface area contributed by atoms with Crippen LogP contribution in [0.15, 0.2) is 60.7 Å². The normalized spacial score (nSPS) is 15.9. The molecule has 0 aliphatic carbocycles. The van der Waals surface area contributed by atoms with Gasteiger partial charge in [0.1, 0.15) is 12.4 Å². The minimum Gasteiger partial charge on any atom is -0.478 e. The second-order valence-corrected chi connectivity index (χ2v) is 6.24. The molecule has 0 aromatic heterocycles. The fourth-order valence-corrected chi connectivity index (χ4v) is 2.93. The number of carbonyl (C=O) groups is 2. The first-order valence-electron chi connectivity index (χ1n) is 8.52. The standard InChI is InChI=1S/C20H21NO5/c22-18(23)20(26-17-9-5-2-6-10-17)11-13-21(14-12-20)19(24)25-15-16-7-3-1-4-8-16/h1-10H,11-15H2,(H,22,23). The Kier molecular flexibility index (Phi) is 5.41. The third-order valence-electron chi connectivity index (χ3n) is 4.48. The summed E-state index contributed by atoms with van der Waals surface area (Å²) in [6, 6.07) is 18.3. The van der Waals surface area contributed by atoms with Gasteiger partial charge in [-0.25, -0.2) is 9.59 Å². The van der Waals surface area contributed by atoms with Gasteiger partial charge in [-0.2, -0.15) is 0 Å². The van der Waals surface area contributed by atoms with Crippen molar-refractivity contribution in [2.24, 2.45) is 0 Å². The molecule has 2 aromatic carbocycles. The van der Waals surface area contributed by atoms with Gasteiger partial charge in [-0.15, -0.1) is 0 Å². The number of aliphatic carboxylic acids is 1. The van der Waals surface area contributed by atoms with Gasteiger partial charge in [-0.1, -0.05) is 48.5 Å². The summed E-state index contributed by atoms with van der Waals surface area (Å²) in [6.07, 6.45) is -0.0254. The predicted octanol–water partition coefficient (Wildman–Crippen LogP) is 3.32. The third-order valence-corrected chi connectivity index (χ3v) is 4.48. The first kappa shape index (κ1) is 17.8. The molecule has 0 atom stereocenters. The van der Waals surface area contributed by atoms with Gasteiger partial charge in [0, 0.05) is 25.9 Å². The zero-order valence-electron chi connectivity index (χ0n) is 14.3. The van der Waals surface area contributed by atoms with Crippen LogP contribution in [-0.4, -0.2) is 40.8 Å². The maximum Gasteiger partial charge on any atom is 0.410 e. The Morgan fingerprint density at radius 2 is 1.54 bits per heavy atom. The van der Waals surface area contributed by atoms with E-state index in [1.807, 2.05) is 36.4 Å². The van der Waals surface area contributed by atoms with E-state index in [0.717, 1.165) is 5.56 Å². The third kappa shape index (κ3) is 4.14. The van der Waals surface area contributed by atoms with E-state index in [0.29, 0.717) is 5.75 Å². The number of hydrogen-bond donors (Lipinski definition) is 1. The molecule has 1 amide bonds. The average Bonchev–Trinajstić information content (AvgIpc) is 2.68. The minimum absolute atomic E-state index is 0.195. The number of piperidine rings is 1. The fourth-order valence-electron chi connectivity index (χ4n) is 2.93. The zero-order valence-corrected chi connectivity index (χ0v) is 14.3. The van der Waals surface area contributed by atoms with Gasteiger partial charge < -0.3 is 19.5 Å². The molecule has 2 aromatic rings. The van der Waals surface area contributed by atoms with Crippen LogP contribution < -0.4 is 4.74 Å². The van der Waals surface area contributed by atoms with Crippen molar-refractivity contribution in [2.75, 3.05) is 13.1 Å². The van der Waals surface area contributed by atoms with E-state index in [1.54, 1.807) is 24.3 Å². The Hall–Kier alpha value is -3.02. The molecular formula is C20H21NO5. The van der Waals surface area contributed by atoms with Crippen LogP contribution in [0.4, 0.5) is 4.79 Å². The van der Waals surface area contributed by atoms with Gasteiger partial charge in [0.05, 0.1) is 0 Å². The molecule has 0 bridgehead atoms. The average molecular weight is 355 g/mol. The number of hydrogen-bond acceptors (Lipinski definition) is 4. The molecule has 0 saturated carbocycles. The highest BCUT2D eigenvalue weighted by molar-refractivity contribution is 5.79. The molecule has 1 heterocycles. The van der Waals surface area contributed by atoms with Crippen LogP contribution in [0.1, 0.15) is 18.4 Å². The quantitative estimate of drug-likeness (QED) is 0.890. The number of amides is 1. The molecule has 0 radical (unpaired) electrons. The first-order chi connectivity index (χ1) is 12.6. The molecule has 3 rings (SSSR count). The van der Waals surface area contributed by atoms with Crippen molar-refractivity contribution in [3.05, 3.63) is 66.2 Å². The molecule has 136 valence electrons. The van der Waals surface area contributed by atoms with Gasteiger partial charge in [0.15, 0.2) is 0 Å². The predicted molar refractivity (Wildman–Crippen MR) is 94.9 cm³/mol. The molecule has 0 unspecified atom stereocenters. The van der Waals surface area contributed by atoms with E-state index >= 15 is 0 Å². The maximum absolute atomic E-state index is 12.2. The fraction of sp³-hybridized carbons (Fsp3) is 0.300. The molecule has 6 nitrogen and oxygen atoms in total. The molecule has 0 spiro atoms. The summed E-state index contributed by atoms with van der Waals surface area (Å²) in [4.78, 5) is 25.6. The molecule has 1 N–H and O–H groups in total. The summed E-state index contributed by atoms with van der Waals surface area (Å²) in [5, 5.41) is 9.67. The molecule has 26 heavy (non-hydrogen) atoms. The summed E-state index contributed by atoms with van der Waals surface area (Å²) in [6.45, 7) is 0.736. The van der Waals surface area contributed by atoms with Crippen molar-refractivity contribution in [1.29, 1.82) is 0 Å². The highest BCUT2D eigenvalue weighted by Gasteiger charge is 2.45. The number of nitrogens with zero attached hydrogens (tertiary/aromatic N) is 1. The van der Waals surface area contributed by atoms with Crippen molar-refractivity contribution < 1.29 is 24.2 Å². The molecular weight excluding hydrogens is 334 g/mol. The highest BCUT2D eigenvalue weighted by atomic mass is 16.6. The highest BCUT2D eigenvalue weighted by Crippen LogP contribution is 2.29. The first-order valence-corrected chi connectivity index (χ1v) is 8.52. The van der Waals surface area contributed by atoms with Gasteiger partial charge in [0.2, 0.25) is 5.60 Å². The number of ether oxygens (including phenoxy) is 2. The lowest BCUT2D eigenvalue weighted by molar-refractivity contribution is -0.159. The van der Waals surface area contributed by atoms with Gasteiger partial charge in [-0.05, 0) is 17.7 Å². The van der Waals surface area contributed by atoms with E-state index in [-0.39, 0.29) is 32.5 Å². The Bertz CT molecular complexity index is 739. The maximum atomic E-state index is 12.2. The van der Waals surface area contributed by atoms with E-state index in [1.165, 1.54) is 4.90 Å². The van der Waals surface area contributed by atoms with E-state index in [4.69, 9.17) is 9.47 Å². The van der Waals surface area contributed by atoms with Crippen molar-refractivity contribution >= 4 is 12.1 Å². The Morgan fingerprint density at radius 3 is 2.12 bits per heavy atom. The Labute approximate surface area is 152 Å². The van der Waals surface area contributed by atoms with Crippen LogP contribution in [0, 0.1) is 0 Å². The molecule has 1 aliphatic heterocycles. The van der Waals surface area contributed by atoms with E-state index in [9.17, 15) is 14.7 Å². The summed E-state index contributed by atoms with van der Waals surface area (Å²) >= 11 is 0. The van der Waals surface area contributed by atoms with Crippen LogP contribution in [0.25, 0.3) is 0 Å². The minimum atomic E-state index is -1.32. The molecule has 1 aliphatic rings. The lowest BCUT2D eigenvalue weighted by Crippen LogP contribution is -2.54. The number of carbonyl (C=O) groups excluding carboxylic acids is 1. The summed E-state index contributed by atoms with van der Waals surface area (Å²) in [5.74, 6) is -0.506. The number of carboxylic acid groups (broad SMARTS) is 1. The van der Waals surface area contributed by atoms with E-state index in [2.05, 4.69) is 0 Å². The van der Waals surface area contributed by atoms with Crippen LogP contribution in [0.5, 0.6) is 5.75 Å². The zero-order chi connectivity index (χ0) is 18.4. The second-order valence-electron chi connectivity index (χ2n) is 6.24. The lowest BCUT2D eigenvalue weighted by Gasteiger charge is -2.38. The molecule has 1 saturated heterocycles. The monoisotopic (exact) mass is 355 g/mol. The van der Waals surface area contributed by atoms with Crippen molar-refractivity contribution in [2.45, 2.75) is 25.0 Å². The van der Waals surface area contributed by atoms with Crippen molar-refractivity contribution in [3.63, 3.8) is 0 Å². The van der Waals surface area contributed by atoms with Crippen LogP contribution in [0.3, 0.4) is 0 Å². The van der Waals surface area contributed by atoms with Crippen LogP contribution in [0.2, 0.25) is 0 Å². The summed E-state index contributed by atoms with van der Waals surface area (Å²) < 4.78 is 11.1. The van der Waals surface area contributed by atoms with Crippen molar-refractivity contribution in [1.82, 2.24) is 4.90 Å². The second kappa shape index (κ2) is 7.91. The van der Waals surface area contributed by atoms with E-state index < -0.39 is 17.7 Å². The lowest BCUT2D eigenvalue weighted by atomic mass is 9.91. The topological polar surface area (TPSA) is 76.1 Å². The molecule has 1 fully saturated rings. The SMILES string of the molecule is O=C(OCc1ccccc1)N1CCC(Oc2ccccc2)(C(=O)O)CC1. The summed E-state index contributed by atoms with van der Waals surface area (Å²) in [5.41, 5.74) is -0.414. The van der Waals surface area contributed by atoms with Crippen LogP contribution in [-0.2, 0) is 16.1 Å². The Balaban J connectivity index is 1.57. The van der Waals surface area contributed by atoms with Crippen molar-refractivity contribution in [3.8, 4) is 5.75 Å². The van der Waals surface area contributed by atoms with Crippen LogP contribution >= 0.6 is 0 Å². The van der Waals surface area contributed by atoms with Gasteiger partial charge >= 0.3 is 12.1 Å². The Morgan fingerprint density at radius 1 is 0.962 bits per heavy atom. The van der Waals surface area contributed by atoms with Gasteiger partial charge in [-0.3, -0.25) is 0 Å². The number of para-hydroxylation sites is 1. The molecule has 6 heteroatoms. The van der Waals surface area contributed by atoms with Gasteiger partial charge in [0.25, 0.3) is 0 Å². The summed E-state index contributed by atoms with van der Waals surface area (Å²) in [7, 11) is 0. The number of likely N-dealkylation sites (tertiary alicyclic amines) is 1. The smallest absolute Gasteiger partial charge is 0.410 e. The largest absolute Gasteiger partial charge is 0.478 e. The number of rotatable bonds is 5. The number of benzene rings is 2.